The summed E-state index contributed by atoms with van der Waals surface area (Å²) in [6.07, 6.45) is 2.14. The number of carbonyl (C=O) groups is 1. The lowest BCUT2D eigenvalue weighted by Gasteiger charge is -2.24. The first-order valence-electron chi connectivity index (χ1n) is 5.31. The number of likely N-dealkylation sites (N-methyl/N-ethyl adjacent to an activating group) is 1. The summed E-state index contributed by atoms with van der Waals surface area (Å²) in [5, 5.41) is 6.70. The summed E-state index contributed by atoms with van der Waals surface area (Å²) < 4.78 is 5.23. The summed E-state index contributed by atoms with van der Waals surface area (Å²) in [4.78, 5) is 13.2. The molecule has 1 heterocycles. The molecule has 1 amide bonds. The fourth-order valence-electron chi connectivity index (χ4n) is 1.14. The van der Waals surface area contributed by atoms with Crippen LogP contribution in [0.2, 0.25) is 0 Å². The number of H-pyrrole nitrogens is 1. The van der Waals surface area contributed by atoms with Gasteiger partial charge in [-0.3, -0.25) is 5.10 Å². The number of carbonyl (C=O) groups excluding carboxylic acids is 1. The third-order valence-corrected chi connectivity index (χ3v) is 1.98. The third-order valence-electron chi connectivity index (χ3n) is 1.98. The molecule has 16 heavy (non-hydrogen) atoms. The van der Waals surface area contributed by atoms with Gasteiger partial charge in [0, 0.05) is 31.9 Å². The zero-order valence-corrected chi connectivity index (χ0v) is 10.3. The van der Waals surface area contributed by atoms with Crippen molar-refractivity contribution >= 4 is 6.09 Å². The lowest BCUT2D eigenvalue weighted by atomic mass is 10.2. The molecule has 0 aromatic carbocycles. The Labute approximate surface area is 95.8 Å². The van der Waals surface area contributed by atoms with E-state index in [4.69, 9.17) is 4.74 Å². The van der Waals surface area contributed by atoms with Crippen LogP contribution in [0.15, 0.2) is 12.3 Å². The van der Waals surface area contributed by atoms with Gasteiger partial charge in [-0.15, -0.1) is 0 Å². The highest BCUT2D eigenvalue weighted by molar-refractivity contribution is 5.67. The molecule has 0 spiro atoms. The molecular weight excluding hydrogens is 206 g/mol. The average molecular weight is 225 g/mol. The molecule has 0 radical (unpaired) electrons. The molecule has 0 saturated heterocycles. The second-order valence-electron chi connectivity index (χ2n) is 4.73. The van der Waals surface area contributed by atoms with Crippen LogP contribution in [0.3, 0.4) is 0 Å². The summed E-state index contributed by atoms with van der Waals surface area (Å²) in [6, 6.07) is 1.89. The van der Waals surface area contributed by atoms with Crippen molar-refractivity contribution in [1.29, 1.82) is 0 Å². The predicted molar refractivity (Wildman–Crippen MR) is 61.2 cm³/mol. The van der Waals surface area contributed by atoms with Gasteiger partial charge in [0.2, 0.25) is 0 Å². The molecule has 0 unspecified atom stereocenters. The average Bonchev–Trinajstić information content (AvgIpc) is 2.63. The number of hydrogen-bond donors (Lipinski definition) is 1. The van der Waals surface area contributed by atoms with Gasteiger partial charge in [-0.2, -0.15) is 5.10 Å². The van der Waals surface area contributed by atoms with Gasteiger partial charge in [0.15, 0.2) is 0 Å². The van der Waals surface area contributed by atoms with E-state index in [0.29, 0.717) is 6.54 Å². The minimum absolute atomic E-state index is 0.299. The second kappa shape index (κ2) is 5.01. The van der Waals surface area contributed by atoms with Crippen LogP contribution in [0, 0.1) is 0 Å². The number of hydrogen-bond acceptors (Lipinski definition) is 3. The standard InChI is InChI=1S/C11H19N3O2/c1-11(2,3)16-10(15)14(4)8-6-9-5-7-12-13-9/h5,7H,6,8H2,1-4H3,(H,12,13). The number of ether oxygens (including phenoxy) is 1. The summed E-state index contributed by atoms with van der Waals surface area (Å²) in [5.41, 5.74) is 0.565. The molecule has 1 rings (SSSR count). The molecule has 5 heteroatoms. The first-order chi connectivity index (χ1) is 7.38. The molecule has 90 valence electrons. The Kier molecular flexibility index (Phi) is 3.93. The van der Waals surface area contributed by atoms with Crippen LogP contribution < -0.4 is 0 Å². The highest BCUT2D eigenvalue weighted by Gasteiger charge is 2.19. The van der Waals surface area contributed by atoms with Crippen molar-refractivity contribution in [2.75, 3.05) is 13.6 Å². The SMILES string of the molecule is CN(CCc1ccn[nH]1)C(=O)OC(C)(C)C. The molecule has 0 atom stereocenters. The Balaban J connectivity index is 2.35. The van der Waals surface area contributed by atoms with Gasteiger partial charge in [-0.05, 0) is 26.8 Å². The van der Waals surface area contributed by atoms with Crippen molar-refractivity contribution in [2.45, 2.75) is 32.8 Å². The molecule has 0 aliphatic carbocycles. The van der Waals surface area contributed by atoms with Gasteiger partial charge in [0.1, 0.15) is 5.60 Å². The van der Waals surface area contributed by atoms with Crippen LogP contribution in [0.4, 0.5) is 4.79 Å². The maximum atomic E-state index is 11.6. The topological polar surface area (TPSA) is 58.2 Å². The summed E-state index contributed by atoms with van der Waals surface area (Å²) >= 11 is 0. The van der Waals surface area contributed by atoms with Crippen LogP contribution in [0.25, 0.3) is 0 Å². The Bertz CT molecular complexity index is 327. The molecule has 0 aliphatic rings. The molecule has 0 fully saturated rings. The monoisotopic (exact) mass is 225 g/mol. The summed E-state index contributed by atoms with van der Waals surface area (Å²) in [7, 11) is 1.73. The van der Waals surface area contributed by atoms with Gasteiger partial charge in [-0.1, -0.05) is 0 Å². The number of nitrogens with zero attached hydrogens (tertiary/aromatic N) is 2. The van der Waals surface area contributed by atoms with Crippen molar-refractivity contribution in [3.8, 4) is 0 Å². The third kappa shape index (κ3) is 4.33. The quantitative estimate of drug-likeness (QED) is 0.853. The Morgan fingerprint density at radius 3 is 2.75 bits per heavy atom. The lowest BCUT2D eigenvalue weighted by Crippen LogP contribution is -2.35. The normalized spacial score (nSPS) is 11.2. The van der Waals surface area contributed by atoms with Gasteiger partial charge in [0.25, 0.3) is 0 Å². The molecule has 0 aliphatic heterocycles. The van der Waals surface area contributed by atoms with E-state index < -0.39 is 5.60 Å². The van der Waals surface area contributed by atoms with Crippen molar-refractivity contribution in [3.05, 3.63) is 18.0 Å². The number of aromatic amines is 1. The van der Waals surface area contributed by atoms with Gasteiger partial charge in [0.05, 0.1) is 0 Å². The lowest BCUT2D eigenvalue weighted by molar-refractivity contribution is 0.0300. The second-order valence-corrected chi connectivity index (χ2v) is 4.73. The number of amides is 1. The van der Waals surface area contributed by atoms with Crippen LogP contribution in [-0.2, 0) is 11.2 Å². The number of rotatable bonds is 3. The van der Waals surface area contributed by atoms with E-state index in [1.807, 2.05) is 26.8 Å². The van der Waals surface area contributed by atoms with Crippen LogP contribution in [0.1, 0.15) is 26.5 Å². The van der Waals surface area contributed by atoms with E-state index in [1.54, 1.807) is 18.1 Å². The van der Waals surface area contributed by atoms with Gasteiger partial charge < -0.3 is 9.64 Å². The van der Waals surface area contributed by atoms with Crippen LogP contribution in [-0.4, -0.2) is 40.4 Å². The molecular formula is C11H19N3O2. The van der Waals surface area contributed by atoms with Crippen LogP contribution in [0.5, 0.6) is 0 Å². The van der Waals surface area contributed by atoms with Crippen molar-refractivity contribution in [3.63, 3.8) is 0 Å². The zero-order valence-electron chi connectivity index (χ0n) is 10.3. The molecule has 5 nitrogen and oxygen atoms in total. The first kappa shape index (κ1) is 12.5. The molecule has 1 aromatic rings. The molecule has 0 bridgehead atoms. The van der Waals surface area contributed by atoms with Gasteiger partial charge in [-0.25, -0.2) is 4.79 Å². The minimum Gasteiger partial charge on any atom is -0.444 e. The Morgan fingerprint density at radius 1 is 1.56 bits per heavy atom. The molecule has 0 saturated carbocycles. The minimum atomic E-state index is -0.445. The Morgan fingerprint density at radius 2 is 2.25 bits per heavy atom. The van der Waals surface area contributed by atoms with Crippen molar-refractivity contribution in [1.82, 2.24) is 15.1 Å². The summed E-state index contributed by atoms with van der Waals surface area (Å²) in [6.45, 7) is 6.17. The van der Waals surface area contributed by atoms with E-state index in [-0.39, 0.29) is 6.09 Å². The maximum absolute atomic E-state index is 11.6. The number of aromatic nitrogens is 2. The smallest absolute Gasteiger partial charge is 0.410 e. The van der Waals surface area contributed by atoms with E-state index in [9.17, 15) is 4.79 Å². The molecule has 1 aromatic heterocycles. The van der Waals surface area contributed by atoms with E-state index in [2.05, 4.69) is 10.2 Å². The highest BCUT2D eigenvalue weighted by atomic mass is 16.6. The highest BCUT2D eigenvalue weighted by Crippen LogP contribution is 2.09. The van der Waals surface area contributed by atoms with E-state index in [0.717, 1.165) is 12.1 Å². The van der Waals surface area contributed by atoms with Crippen molar-refractivity contribution in [2.24, 2.45) is 0 Å². The fourth-order valence-corrected chi connectivity index (χ4v) is 1.14. The summed E-state index contributed by atoms with van der Waals surface area (Å²) in [5.74, 6) is 0. The van der Waals surface area contributed by atoms with Crippen LogP contribution >= 0.6 is 0 Å². The fraction of sp³-hybridized carbons (Fsp3) is 0.636. The van der Waals surface area contributed by atoms with Gasteiger partial charge >= 0.3 is 6.09 Å². The Hall–Kier alpha value is -1.52. The van der Waals surface area contributed by atoms with E-state index >= 15 is 0 Å². The maximum Gasteiger partial charge on any atom is 0.410 e. The predicted octanol–water partition coefficient (Wildman–Crippen LogP) is 1.82. The number of nitrogens with one attached hydrogen (secondary N) is 1. The first-order valence-corrected chi connectivity index (χ1v) is 5.31. The zero-order chi connectivity index (χ0) is 12.2. The van der Waals surface area contributed by atoms with Crippen molar-refractivity contribution < 1.29 is 9.53 Å². The largest absolute Gasteiger partial charge is 0.444 e. The molecule has 1 N–H and O–H groups in total. The van der Waals surface area contributed by atoms with E-state index in [1.165, 1.54) is 0 Å².